The molecule has 3 fully saturated rings. The quantitative estimate of drug-likeness (QED) is 0.299. The maximum absolute atomic E-state index is 14.3. The summed E-state index contributed by atoms with van der Waals surface area (Å²) in [7, 11) is -2.29. The van der Waals surface area contributed by atoms with Gasteiger partial charge in [0, 0.05) is 47.9 Å². The van der Waals surface area contributed by atoms with Crippen molar-refractivity contribution in [3.63, 3.8) is 0 Å². The van der Waals surface area contributed by atoms with Gasteiger partial charge < -0.3 is 15.0 Å². The second-order valence-electron chi connectivity index (χ2n) is 14.9. The van der Waals surface area contributed by atoms with Crippen LogP contribution in [-0.2, 0) is 30.6 Å². The number of thiazole rings is 2. The van der Waals surface area contributed by atoms with Crippen LogP contribution in [0.3, 0.4) is 0 Å². The van der Waals surface area contributed by atoms with E-state index in [1.807, 2.05) is 12.2 Å². The highest BCUT2D eigenvalue weighted by molar-refractivity contribution is 7.91. The summed E-state index contributed by atoms with van der Waals surface area (Å²) in [5.74, 6) is -3.78. The van der Waals surface area contributed by atoms with Crippen molar-refractivity contribution in [2.24, 2.45) is 17.8 Å². The number of nitrogens with one attached hydrogen (secondary N) is 2. The number of alkyl halides is 3. The molecule has 4 heterocycles. The monoisotopic (exact) mass is 807 g/mol. The number of rotatable bonds is 7. The van der Waals surface area contributed by atoms with Crippen LogP contribution in [0.15, 0.2) is 29.0 Å². The third-order valence-electron chi connectivity index (χ3n) is 10.7. The average Bonchev–Trinajstić information content (AvgIpc) is 3.87. The lowest BCUT2D eigenvalue weighted by Gasteiger charge is -2.37. The minimum atomic E-state index is -4.66. The summed E-state index contributed by atoms with van der Waals surface area (Å²) >= 11 is 2.03. The van der Waals surface area contributed by atoms with E-state index in [1.54, 1.807) is 31.2 Å². The van der Waals surface area contributed by atoms with Crippen molar-refractivity contribution in [1.29, 1.82) is 0 Å². The van der Waals surface area contributed by atoms with Gasteiger partial charge >= 0.3 is 6.18 Å². The maximum Gasteiger partial charge on any atom is 0.434 e. The summed E-state index contributed by atoms with van der Waals surface area (Å²) in [5.41, 5.74) is -1.54. The first-order chi connectivity index (χ1) is 25.5. The van der Waals surface area contributed by atoms with Crippen LogP contribution >= 0.6 is 22.7 Å². The lowest BCUT2D eigenvalue weighted by molar-refractivity contribution is -0.145. The number of aryl methyl sites for hydroxylation is 1. The Labute approximate surface area is 318 Å². The molecule has 5 atom stereocenters. The number of aromatic nitrogens is 4. The summed E-state index contributed by atoms with van der Waals surface area (Å²) in [4.78, 5) is 60.6. The molecule has 0 bridgehead atoms. The average molecular weight is 808 g/mol. The summed E-state index contributed by atoms with van der Waals surface area (Å²) < 4.78 is 74.0. The fourth-order valence-electron chi connectivity index (χ4n) is 7.00. The van der Waals surface area contributed by atoms with E-state index in [4.69, 9.17) is 4.74 Å². The Hall–Kier alpha value is -3.97. The molecular formula is C35H40F3N7O6S3. The number of allylic oxidation sites excluding steroid dienone is 1. The maximum atomic E-state index is 14.3. The highest BCUT2D eigenvalue weighted by atomic mass is 32.2. The van der Waals surface area contributed by atoms with E-state index in [0.717, 1.165) is 35.3 Å². The van der Waals surface area contributed by atoms with Crippen LogP contribution in [-0.4, -0.2) is 81.0 Å². The molecule has 0 unspecified atom stereocenters. The van der Waals surface area contributed by atoms with Crippen LogP contribution in [0.4, 0.5) is 13.2 Å². The number of hydrogen-bond acceptors (Lipinski definition) is 12. The molecule has 0 aromatic carbocycles. The Balaban J connectivity index is 1.18. The minimum Gasteiger partial charge on any atom is -0.474 e. The van der Waals surface area contributed by atoms with Crippen molar-refractivity contribution >= 4 is 50.4 Å². The van der Waals surface area contributed by atoms with Gasteiger partial charge in [0.05, 0.1) is 10.7 Å². The van der Waals surface area contributed by atoms with Gasteiger partial charge in [-0.05, 0) is 71.6 Å². The van der Waals surface area contributed by atoms with Crippen LogP contribution in [0, 0.1) is 24.7 Å². The molecular weight excluding hydrogens is 768 g/mol. The Bertz CT molecular complexity index is 2100. The van der Waals surface area contributed by atoms with Crippen molar-refractivity contribution in [2.75, 3.05) is 13.6 Å². The molecule has 3 aromatic rings. The highest BCUT2D eigenvalue weighted by Crippen LogP contribution is 2.48. The SMILES string of the molecule is Cc1csc(-c2cc(O[C@H]3CC[C@H]4C(=O)N(C)CCCC/C=C\[C@H]5C[C@@]5(C(=O)NS(=O)(=O)C5(C)CC5)NC(=O)[C@@H]4C3)nc(-c3nc(C(F)(F)F)cs3)n2)n1. The van der Waals surface area contributed by atoms with Gasteiger partial charge in [0.1, 0.15) is 22.3 Å². The normalized spacial score (nSPS) is 27.9. The molecule has 0 radical (unpaired) electrons. The molecule has 290 valence electrons. The number of amides is 3. The van der Waals surface area contributed by atoms with Gasteiger partial charge in [0.2, 0.25) is 27.7 Å². The summed E-state index contributed by atoms with van der Waals surface area (Å²) in [6.07, 6.45) is 2.40. The Morgan fingerprint density at radius 1 is 1.06 bits per heavy atom. The number of fused-ring (bicyclic) bond motifs is 2. The first kappa shape index (κ1) is 38.3. The van der Waals surface area contributed by atoms with Gasteiger partial charge in [-0.2, -0.15) is 18.2 Å². The zero-order chi connectivity index (χ0) is 38.6. The van der Waals surface area contributed by atoms with Gasteiger partial charge in [-0.3, -0.25) is 19.1 Å². The molecule has 0 spiro atoms. The summed E-state index contributed by atoms with van der Waals surface area (Å²) in [6.45, 7) is 3.87. The number of sulfonamides is 1. The number of nitrogens with zero attached hydrogens (tertiary/aromatic N) is 5. The standard InChI is InChI=1S/C35H40F3N7O6S3/c1-19-17-52-29(39-19)24-15-26(42-27(40-24)30-41-25(18-53-30)35(36,37)38)51-21-9-10-22-23(14-21)28(46)43-34(32(48)44-54(49,50)33(2)11-12-33)16-20(34)8-6-4-5-7-13-45(3)31(22)47/h6,8,15,17-18,20-23H,4-5,7,9-14,16H2,1-3H3,(H,43,46)(H,44,48)/b8-6-/t20-,21-,22+,23+,34+/m0/s1. The van der Waals surface area contributed by atoms with Crippen molar-refractivity contribution in [3.8, 4) is 27.4 Å². The zero-order valence-corrected chi connectivity index (χ0v) is 32.3. The van der Waals surface area contributed by atoms with Crippen LogP contribution in [0.5, 0.6) is 5.88 Å². The Kier molecular flexibility index (Phi) is 10.1. The molecule has 19 heteroatoms. The largest absolute Gasteiger partial charge is 0.474 e. The Morgan fingerprint density at radius 3 is 2.50 bits per heavy atom. The molecule has 3 saturated carbocycles. The van der Waals surface area contributed by atoms with E-state index in [1.165, 1.54) is 17.4 Å². The number of carbonyl (C=O) groups excluding carboxylic acids is 3. The summed E-state index contributed by atoms with van der Waals surface area (Å²) in [5, 5.41) is 6.00. The van der Waals surface area contributed by atoms with Gasteiger partial charge in [-0.1, -0.05) is 12.2 Å². The van der Waals surface area contributed by atoms with E-state index in [2.05, 4.69) is 30.0 Å². The van der Waals surface area contributed by atoms with Crippen molar-refractivity contribution < 1.29 is 40.7 Å². The molecule has 54 heavy (non-hydrogen) atoms. The summed E-state index contributed by atoms with van der Waals surface area (Å²) in [6, 6.07) is 1.53. The molecule has 1 aliphatic heterocycles. The molecule has 4 aliphatic rings. The van der Waals surface area contributed by atoms with Crippen molar-refractivity contribution in [2.45, 2.75) is 94.2 Å². The van der Waals surface area contributed by atoms with Crippen molar-refractivity contribution in [1.82, 2.24) is 34.9 Å². The Morgan fingerprint density at radius 2 is 1.81 bits per heavy atom. The minimum absolute atomic E-state index is 0.0295. The number of carbonyl (C=O) groups is 3. The van der Waals surface area contributed by atoms with Crippen LogP contribution < -0.4 is 14.8 Å². The predicted molar refractivity (Wildman–Crippen MR) is 194 cm³/mol. The molecule has 3 aromatic heterocycles. The van der Waals surface area contributed by atoms with E-state index in [9.17, 15) is 36.0 Å². The molecule has 3 aliphatic carbocycles. The first-order valence-electron chi connectivity index (χ1n) is 17.8. The fraction of sp³-hybridized carbons (Fsp3) is 0.571. The molecule has 3 amide bonds. The third-order valence-corrected chi connectivity index (χ3v) is 14.7. The van der Waals surface area contributed by atoms with Crippen LogP contribution in [0.25, 0.3) is 21.5 Å². The predicted octanol–water partition coefficient (Wildman–Crippen LogP) is 5.29. The van der Waals surface area contributed by atoms with E-state index in [-0.39, 0.29) is 41.9 Å². The number of ether oxygens (including phenoxy) is 1. The molecule has 0 saturated heterocycles. The van der Waals surface area contributed by atoms with Crippen LogP contribution in [0.1, 0.15) is 76.1 Å². The van der Waals surface area contributed by atoms with Gasteiger partial charge in [-0.15, -0.1) is 22.7 Å². The third kappa shape index (κ3) is 7.76. The molecule has 2 N–H and O–H groups in total. The van der Waals surface area contributed by atoms with Crippen LogP contribution in [0.2, 0.25) is 0 Å². The van der Waals surface area contributed by atoms with E-state index >= 15 is 0 Å². The molecule has 7 rings (SSSR count). The fourth-order valence-corrected chi connectivity index (χ4v) is 9.83. The smallest absolute Gasteiger partial charge is 0.434 e. The topological polar surface area (TPSA) is 173 Å². The number of halogens is 3. The second-order valence-corrected chi connectivity index (χ2v) is 18.8. The first-order valence-corrected chi connectivity index (χ1v) is 21.0. The van der Waals surface area contributed by atoms with Gasteiger partial charge in [0.15, 0.2) is 16.5 Å². The van der Waals surface area contributed by atoms with Crippen molar-refractivity contribution in [3.05, 3.63) is 40.4 Å². The van der Waals surface area contributed by atoms with Gasteiger partial charge in [-0.25, -0.2) is 23.4 Å². The molecule has 13 nitrogen and oxygen atoms in total. The lowest BCUT2D eigenvalue weighted by atomic mass is 9.76. The zero-order valence-electron chi connectivity index (χ0n) is 29.8. The highest BCUT2D eigenvalue weighted by Gasteiger charge is 2.63. The second kappa shape index (κ2) is 14.3. The van der Waals surface area contributed by atoms with Gasteiger partial charge in [0.25, 0.3) is 5.91 Å². The van der Waals surface area contributed by atoms with E-state index < -0.39 is 67.9 Å². The van der Waals surface area contributed by atoms with E-state index in [0.29, 0.717) is 42.9 Å². The lowest BCUT2D eigenvalue weighted by Crippen LogP contribution is -2.56. The number of hydrogen-bond donors (Lipinski definition) is 2.